The highest BCUT2D eigenvalue weighted by atomic mass is 79.9. The Morgan fingerprint density at radius 3 is 2.82 bits per heavy atom. The van der Waals surface area contributed by atoms with Gasteiger partial charge >= 0.3 is 5.97 Å². The average Bonchev–Trinajstić information content (AvgIpc) is 3.09. The predicted octanol–water partition coefficient (Wildman–Crippen LogP) is 3.43. The molecular weight excluding hydrogens is 284 g/mol. The van der Waals surface area contributed by atoms with Gasteiger partial charge in [0.1, 0.15) is 5.75 Å². The first-order chi connectivity index (χ1) is 8.13. The summed E-state index contributed by atoms with van der Waals surface area (Å²) in [6, 6.07) is 5.81. The standard InChI is InChI=1S/C13H15BrO3/c1-17-13-9(3-2-4-11(13)14)10(7-12(15)16)8-5-6-8/h2-4,8,10H,5-7H2,1H3,(H,15,16). The Kier molecular flexibility index (Phi) is 3.72. The summed E-state index contributed by atoms with van der Waals surface area (Å²) in [7, 11) is 1.62. The van der Waals surface area contributed by atoms with Gasteiger partial charge in [0.2, 0.25) is 0 Å². The van der Waals surface area contributed by atoms with Gasteiger partial charge in [-0.2, -0.15) is 0 Å². The summed E-state index contributed by atoms with van der Waals surface area (Å²) in [4.78, 5) is 10.9. The molecule has 4 heteroatoms. The van der Waals surface area contributed by atoms with Crippen molar-refractivity contribution in [2.45, 2.75) is 25.2 Å². The highest BCUT2D eigenvalue weighted by molar-refractivity contribution is 9.10. The number of ether oxygens (including phenoxy) is 1. The van der Waals surface area contributed by atoms with Gasteiger partial charge in [0.15, 0.2) is 0 Å². The third-order valence-corrected chi connectivity index (χ3v) is 3.81. The maximum Gasteiger partial charge on any atom is 0.303 e. The molecule has 17 heavy (non-hydrogen) atoms. The number of halogens is 1. The van der Waals surface area contributed by atoms with Crippen LogP contribution in [0.2, 0.25) is 0 Å². The number of rotatable bonds is 5. The van der Waals surface area contributed by atoms with Gasteiger partial charge in [-0.3, -0.25) is 4.79 Å². The van der Waals surface area contributed by atoms with Crippen molar-refractivity contribution in [2.24, 2.45) is 5.92 Å². The lowest BCUT2D eigenvalue weighted by molar-refractivity contribution is -0.137. The van der Waals surface area contributed by atoms with Crippen LogP contribution in [0.1, 0.15) is 30.7 Å². The highest BCUT2D eigenvalue weighted by Crippen LogP contribution is 2.48. The predicted molar refractivity (Wildman–Crippen MR) is 68.4 cm³/mol. The molecule has 1 unspecified atom stereocenters. The first-order valence-electron chi connectivity index (χ1n) is 5.67. The van der Waals surface area contributed by atoms with Crippen LogP contribution in [-0.4, -0.2) is 18.2 Å². The van der Waals surface area contributed by atoms with Crippen LogP contribution in [0.15, 0.2) is 22.7 Å². The fourth-order valence-electron chi connectivity index (χ4n) is 2.25. The monoisotopic (exact) mass is 298 g/mol. The number of para-hydroxylation sites is 1. The second kappa shape index (κ2) is 5.08. The van der Waals surface area contributed by atoms with Crippen molar-refractivity contribution in [2.75, 3.05) is 7.11 Å². The zero-order valence-corrected chi connectivity index (χ0v) is 11.2. The van der Waals surface area contributed by atoms with Crippen molar-refractivity contribution in [3.63, 3.8) is 0 Å². The number of hydrogen-bond acceptors (Lipinski definition) is 2. The summed E-state index contributed by atoms with van der Waals surface area (Å²) >= 11 is 3.44. The summed E-state index contributed by atoms with van der Waals surface area (Å²) in [6.45, 7) is 0. The van der Waals surface area contributed by atoms with Gasteiger partial charge in [-0.1, -0.05) is 12.1 Å². The van der Waals surface area contributed by atoms with E-state index in [0.717, 1.165) is 28.6 Å². The van der Waals surface area contributed by atoms with Crippen LogP contribution in [0, 0.1) is 5.92 Å². The van der Waals surface area contributed by atoms with Gasteiger partial charge in [0, 0.05) is 5.92 Å². The first kappa shape index (κ1) is 12.4. The Morgan fingerprint density at radius 1 is 1.59 bits per heavy atom. The molecule has 1 N–H and O–H groups in total. The summed E-state index contributed by atoms with van der Waals surface area (Å²) in [6.07, 6.45) is 2.42. The molecule has 2 rings (SSSR count). The highest BCUT2D eigenvalue weighted by Gasteiger charge is 2.35. The van der Waals surface area contributed by atoms with Crippen molar-refractivity contribution in [3.05, 3.63) is 28.2 Å². The van der Waals surface area contributed by atoms with Gasteiger partial charge in [0.05, 0.1) is 18.0 Å². The van der Waals surface area contributed by atoms with Gasteiger partial charge in [-0.15, -0.1) is 0 Å². The Hall–Kier alpha value is -1.03. The molecule has 1 aromatic carbocycles. The molecule has 3 nitrogen and oxygen atoms in total. The van der Waals surface area contributed by atoms with Crippen molar-refractivity contribution < 1.29 is 14.6 Å². The topological polar surface area (TPSA) is 46.5 Å². The Balaban J connectivity index is 2.34. The van der Waals surface area contributed by atoms with Gasteiger partial charge < -0.3 is 9.84 Å². The maximum absolute atomic E-state index is 10.9. The number of benzene rings is 1. The van der Waals surface area contributed by atoms with Crippen molar-refractivity contribution in [3.8, 4) is 5.75 Å². The van der Waals surface area contributed by atoms with E-state index in [9.17, 15) is 4.79 Å². The normalized spacial score (nSPS) is 16.6. The second-order valence-corrected chi connectivity index (χ2v) is 5.26. The first-order valence-corrected chi connectivity index (χ1v) is 6.47. The van der Waals surface area contributed by atoms with Gasteiger partial charge in [-0.25, -0.2) is 0 Å². The molecule has 0 bridgehead atoms. The summed E-state index contributed by atoms with van der Waals surface area (Å²) in [5.74, 6) is 0.587. The molecule has 1 atom stereocenters. The minimum absolute atomic E-state index is 0.0694. The van der Waals surface area contributed by atoms with Crippen LogP contribution < -0.4 is 4.74 Å². The fraction of sp³-hybridized carbons (Fsp3) is 0.462. The molecule has 1 saturated carbocycles. The quantitative estimate of drug-likeness (QED) is 0.906. The van der Waals surface area contributed by atoms with E-state index in [0.29, 0.717) is 5.92 Å². The number of hydrogen-bond donors (Lipinski definition) is 1. The molecular formula is C13H15BrO3. The number of carboxylic acid groups (broad SMARTS) is 1. The minimum Gasteiger partial charge on any atom is -0.495 e. The summed E-state index contributed by atoms with van der Waals surface area (Å²) in [5, 5.41) is 9.00. The van der Waals surface area contributed by atoms with Gasteiger partial charge in [-0.05, 0) is 46.3 Å². The second-order valence-electron chi connectivity index (χ2n) is 4.40. The largest absolute Gasteiger partial charge is 0.495 e. The lowest BCUT2D eigenvalue weighted by atomic mass is 9.90. The molecule has 1 aromatic rings. The van der Waals surface area contributed by atoms with E-state index in [1.165, 1.54) is 0 Å². The summed E-state index contributed by atoms with van der Waals surface area (Å²) < 4.78 is 6.26. The van der Waals surface area contributed by atoms with Crippen LogP contribution >= 0.6 is 15.9 Å². The molecule has 1 aliphatic rings. The van der Waals surface area contributed by atoms with E-state index in [1.54, 1.807) is 7.11 Å². The number of carboxylic acids is 1. The van der Waals surface area contributed by atoms with E-state index in [4.69, 9.17) is 9.84 Å². The molecule has 0 saturated heterocycles. The average molecular weight is 299 g/mol. The SMILES string of the molecule is COc1c(Br)cccc1C(CC(=O)O)C1CC1. The third kappa shape index (κ3) is 2.80. The van der Waals surface area contributed by atoms with E-state index < -0.39 is 5.97 Å². The van der Waals surface area contributed by atoms with Crippen LogP contribution in [0.5, 0.6) is 5.75 Å². The van der Waals surface area contributed by atoms with Crippen molar-refractivity contribution in [1.82, 2.24) is 0 Å². The number of carbonyl (C=O) groups is 1. The molecule has 0 heterocycles. The van der Waals surface area contributed by atoms with E-state index in [-0.39, 0.29) is 12.3 Å². The van der Waals surface area contributed by atoms with Crippen molar-refractivity contribution >= 4 is 21.9 Å². The lowest BCUT2D eigenvalue weighted by Gasteiger charge is -2.18. The zero-order chi connectivity index (χ0) is 12.4. The van der Waals surface area contributed by atoms with E-state index in [1.807, 2.05) is 18.2 Å². The molecule has 1 fully saturated rings. The van der Waals surface area contributed by atoms with Crippen LogP contribution in [-0.2, 0) is 4.79 Å². The van der Waals surface area contributed by atoms with Crippen LogP contribution in [0.25, 0.3) is 0 Å². The molecule has 0 radical (unpaired) electrons. The summed E-state index contributed by atoms with van der Waals surface area (Å²) in [5.41, 5.74) is 1.01. The zero-order valence-electron chi connectivity index (χ0n) is 9.65. The Labute approximate surface area is 109 Å². The number of methoxy groups -OCH3 is 1. The Morgan fingerprint density at radius 2 is 2.29 bits per heavy atom. The van der Waals surface area contributed by atoms with E-state index in [2.05, 4.69) is 15.9 Å². The molecule has 0 spiro atoms. The third-order valence-electron chi connectivity index (χ3n) is 3.19. The fourth-order valence-corrected chi connectivity index (χ4v) is 2.79. The Bertz CT molecular complexity index is 427. The minimum atomic E-state index is -0.746. The van der Waals surface area contributed by atoms with Crippen molar-refractivity contribution in [1.29, 1.82) is 0 Å². The number of aliphatic carboxylic acids is 1. The molecule has 0 aliphatic heterocycles. The van der Waals surface area contributed by atoms with E-state index >= 15 is 0 Å². The van der Waals surface area contributed by atoms with Gasteiger partial charge in [0.25, 0.3) is 0 Å². The lowest BCUT2D eigenvalue weighted by Crippen LogP contribution is -2.09. The molecule has 0 amide bonds. The van der Waals surface area contributed by atoms with Crippen LogP contribution in [0.3, 0.4) is 0 Å². The smallest absolute Gasteiger partial charge is 0.303 e. The molecule has 0 aromatic heterocycles. The maximum atomic E-state index is 10.9. The van der Waals surface area contributed by atoms with Crippen LogP contribution in [0.4, 0.5) is 0 Å². The molecule has 92 valence electrons. The molecule has 1 aliphatic carbocycles.